The maximum absolute atomic E-state index is 14.8. The molecule has 11 heteroatoms. The summed E-state index contributed by atoms with van der Waals surface area (Å²) in [5.41, 5.74) is -1.45. The van der Waals surface area contributed by atoms with Gasteiger partial charge in [-0.25, -0.2) is 13.6 Å². The van der Waals surface area contributed by atoms with Crippen molar-refractivity contribution >= 4 is 27.6 Å². The summed E-state index contributed by atoms with van der Waals surface area (Å²) in [6.45, 7) is 8.95. The van der Waals surface area contributed by atoms with E-state index >= 15 is 0 Å². The molecule has 34 heavy (non-hydrogen) atoms. The molecule has 2 amide bonds. The van der Waals surface area contributed by atoms with Crippen molar-refractivity contribution in [3.63, 3.8) is 0 Å². The largest absolute Gasteiger partial charge is 0.485 e. The van der Waals surface area contributed by atoms with Crippen LogP contribution in [0.1, 0.15) is 6.92 Å². The summed E-state index contributed by atoms with van der Waals surface area (Å²) in [7, 11) is 0.903. The topological polar surface area (TPSA) is 42.0 Å². The molecule has 180 valence electrons. The quantitative estimate of drug-likeness (QED) is 0.283. The van der Waals surface area contributed by atoms with Crippen LogP contribution in [0.3, 0.4) is 0 Å². The Balaban J connectivity index is 2.04. The minimum atomic E-state index is -4.82. The minimum absolute atomic E-state index is 0.0386. The van der Waals surface area contributed by atoms with Gasteiger partial charge in [0.05, 0.1) is 10.2 Å². The molecule has 0 radical (unpaired) electrons. The lowest BCUT2D eigenvalue weighted by atomic mass is 10.2. The summed E-state index contributed by atoms with van der Waals surface area (Å²) in [5, 5.41) is 0. The number of ether oxygens (including phenoxy) is 2. The fourth-order valence-electron chi connectivity index (χ4n) is 3.01. The Morgan fingerprint density at radius 1 is 1.15 bits per heavy atom. The van der Waals surface area contributed by atoms with Gasteiger partial charge in [-0.1, -0.05) is 19.2 Å². The number of benzene rings is 2. The standard InChI is InChI=1S/C23H18BrF5N2O3/c1-12(2)11-33-18-7-5-6-15(25)21(18)34-19-10-17(16(26)9-14(19)24)31-13(3)8-20(23(27,28)29)30(4)22(31)32/h5-10H,1,3,11H2,2,4H3. The maximum Gasteiger partial charge on any atom is 0.431 e. The van der Waals surface area contributed by atoms with Crippen molar-refractivity contribution in [3.8, 4) is 17.2 Å². The van der Waals surface area contributed by atoms with Crippen LogP contribution in [-0.2, 0) is 0 Å². The Bertz CT molecular complexity index is 1210. The molecule has 2 aromatic carbocycles. The number of rotatable bonds is 6. The van der Waals surface area contributed by atoms with Crippen molar-refractivity contribution < 1.29 is 36.2 Å². The molecule has 1 aliphatic rings. The van der Waals surface area contributed by atoms with E-state index in [1.54, 1.807) is 6.92 Å². The van der Waals surface area contributed by atoms with Crippen LogP contribution in [0, 0.1) is 11.6 Å². The molecule has 1 heterocycles. The predicted octanol–water partition coefficient (Wildman–Crippen LogP) is 7.31. The van der Waals surface area contributed by atoms with Crippen molar-refractivity contribution in [1.29, 1.82) is 0 Å². The molecule has 0 aliphatic carbocycles. The molecule has 0 aromatic heterocycles. The molecular formula is C23H18BrF5N2O3. The van der Waals surface area contributed by atoms with E-state index in [9.17, 15) is 26.7 Å². The first-order chi connectivity index (χ1) is 15.8. The van der Waals surface area contributed by atoms with Crippen LogP contribution in [0.2, 0.25) is 0 Å². The predicted molar refractivity (Wildman–Crippen MR) is 120 cm³/mol. The number of hydrogen-bond acceptors (Lipinski definition) is 3. The van der Waals surface area contributed by atoms with Gasteiger partial charge in [-0.05, 0) is 52.7 Å². The minimum Gasteiger partial charge on any atom is -0.485 e. The van der Waals surface area contributed by atoms with E-state index in [1.807, 2.05) is 0 Å². The van der Waals surface area contributed by atoms with Gasteiger partial charge in [0.1, 0.15) is 23.9 Å². The van der Waals surface area contributed by atoms with E-state index in [1.165, 1.54) is 12.1 Å². The van der Waals surface area contributed by atoms with E-state index in [0.717, 1.165) is 25.2 Å². The highest BCUT2D eigenvalue weighted by Gasteiger charge is 2.43. The van der Waals surface area contributed by atoms with Crippen molar-refractivity contribution in [1.82, 2.24) is 4.90 Å². The number of hydrogen-bond donors (Lipinski definition) is 0. The Hall–Kier alpha value is -3.34. The maximum atomic E-state index is 14.8. The second kappa shape index (κ2) is 9.49. The molecule has 5 nitrogen and oxygen atoms in total. The number of allylic oxidation sites excluding steroid dienone is 2. The van der Waals surface area contributed by atoms with Gasteiger partial charge in [-0.3, -0.25) is 9.80 Å². The lowest BCUT2D eigenvalue weighted by molar-refractivity contribution is -0.106. The molecule has 0 N–H and O–H groups in total. The smallest absolute Gasteiger partial charge is 0.431 e. The van der Waals surface area contributed by atoms with Crippen LogP contribution in [0.5, 0.6) is 17.2 Å². The number of alkyl halides is 3. The molecular weight excluding hydrogens is 527 g/mol. The lowest BCUT2D eigenvalue weighted by Gasteiger charge is -2.35. The average Bonchev–Trinajstić information content (AvgIpc) is 2.73. The van der Waals surface area contributed by atoms with Crippen molar-refractivity contribution in [3.05, 3.63) is 82.6 Å². The summed E-state index contributed by atoms with van der Waals surface area (Å²) >= 11 is 3.11. The molecule has 0 saturated carbocycles. The fourth-order valence-corrected chi connectivity index (χ4v) is 3.40. The van der Waals surface area contributed by atoms with Gasteiger partial charge in [0.15, 0.2) is 11.6 Å². The molecule has 0 saturated heterocycles. The third kappa shape index (κ3) is 5.09. The third-order valence-electron chi connectivity index (χ3n) is 4.58. The Morgan fingerprint density at radius 3 is 2.44 bits per heavy atom. The van der Waals surface area contributed by atoms with E-state index < -0.39 is 40.9 Å². The number of urea groups is 1. The van der Waals surface area contributed by atoms with Gasteiger partial charge in [0.25, 0.3) is 0 Å². The Morgan fingerprint density at radius 2 is 1.82 bits per heavy atom. The lowest BCUT2D eigenvalue weighted by Crippen LogP contribution is -2.46. The van der Waals surface area contributed by atoms with Crippen molar-refractivity contribution in [2.75, 3.05) is 18.6 Å². The zero-order valence-corrected chi connectivity index (χ0v) is 19.6. The highest BCUT2D eigenvalue weighted by Crippen LogP contribution is 2.42. The SMILES string of the molecule is C=C(C)COc1cccc(F)c1Oc1cc(N2C(=C)C=C(C(F)(F)F)N(C)C2=O)c(F)cc1Br. The number of carbonyl (C=O) groups is 1. The molecule has 0 unspecified atom stereocenters. The molecule has 1 aliphatic heterocycles. The monoisotopic (exact) mass is 544 g/mol. The first-order valence-corrected chi connectivity index (χ1v) is 10.4. The van der Waals surface area contributed by atoms with Gasteiger partial charge < -0.3 is 9.47 Å². The molecule has 3 rings (SSSR count). The normalized spacial score (nSPS) is 14.3. The number of para-hydroxylation sites is 1. The average molecular weight is 545 g/mol. The molecule has 0 fully saturated rings. The molecule has 0 atom stereocenters. The van der Waals surface area contributed by atoms with Gasteiger partial charge in [-0.15, -0.1) is 0 Å². The Kier molecular flexibility index (Phi) is 7.06. The van der Waals surface area contributed by atoms with Gasteiger partial charge in [-0.2, -0.15) is 13.2 Å². The highest BCUT2D eigenvalue weighted by molar-refractivity contribution is 9.10. The first kappa shape index (κ1) is 25.3. The fraction of sp³-hybridized carbons (Fsp3) is 0.174. The van der Waals surface area contributed by atoms with Gasteiger partial charge >= 0.3 is 12.2 Å². The van der Waals surface area contributed by atoms with E-state index in [-0.39, 0.29) is 28.3 Å². The number of amides is 2. The summed E-state index contributed by atoms with van der Waals surface area (Å²) in [6.07, 6.45) is -4.21. The van der Waals surface area contributed by atoms with Crippen molar-refractivity contribution in [2.24, 2.45) is 0 Å². The molecule has 0 spiro atoms. The van der Waals surface area contributed by atoms with Gasteiger partial charge in [0.2, 0.25) is 5.75 Å². The van der Waals surface area contributed by atoms with Crippen LogP contribution in [-0.4, -0.2) is 30.8 Å². The highest BCUT2D eigenvalue weighted by atomic mass is 79.9. The second-order valence-corrected chi connectivity index (χ2v) is 8.20. The van der Waals surface area contributed by atoms with E-state index in [0.29, 0.717) is 21.4 Å². The number of carbonyl (C=O) groups excluding carboxylic acids is 1. The molecule has 0 bridgehead atoms. The number of halogens is 6. The Labute approximate surface area is 200 Å². The summed E-state index contributed by atoms with van der Waals surface area (Å²) in [5.74, 6) is -2.15. The van der Waals surface area contributed by atoms with Crippen LogP contribution in [0.4, 0.5) is 32.4 Å². The van der Waals surface area contributed by atoms with Crippen LogP contribution < -0.4 is 14.4 Å². The summed E-state index contributed by atoms with van der Waals surface area (Å²) < 4.78 is 80.2. The van der Waals surface area contributed by atoms with Crippen LogP contribution >= 0.6 is 15.9 Å². The third-order valence-corrected chi connectivity index (χ3v) is 5.20. The second-order valence-electron chi connectivity index (χ2n) is 7.34. The zero-order valence-electron chi connectivity index (χ0n) is 18.0. The number of anilines is 1. The van der Waals surface area contributed by atoms with Crippen molar-refractivity contribution in [2.45, 2.75) is 13.1 Å². The molecule has 2 aromatic rings. The summed E-state index contributed by atoms with van der Waals surface area (Å²) in [6, 6.07) is 4.76. The summed E-state index contributed by atoms with van der Waals surface area (Å²) in [4.78, 5) is 13.7. The number of nitrogens with zero attached hydrogens (tertiary/aromatic N) is 2. The van der Waals surface area contributed by atoms with Gasteiger partial charge in [0, 0.05) is 18.8 Å². The zero-order chi connectivity index (χ0) is 25.4. The van der Waals surface area contributed by atoms with Crippen LogP contribution in [0.25, 0.3) is 0 Å². The first-order valence-electron chi connectivity index (χ1n) is 9.59. The van der Waals surface area contributed by atoms with Crippen LogP contribution in [0.15, 0.2) is 71.0 Å². The van der Waals surface area contributed by atoms with E-state index in [4.69, 9.17) is 9.47 Å². The van der Waals surface area contributed by atoms with E-state index in [2.05, 4.69) is 29.1 Å².